The van der Waals surface area contributed by atoms with Gasteiger partial charge in [0.25, 0.3) is 0 Å². The number of hydrogen-bond acceptors (Lipinski definition) is 2. The summed E-state index contributed by atoms with van der Waals surface area (Å²) in [5, 5.41) is 1.52. The van der Waals surface area contributed by atoms with Crippen LogP contribution >= 0.6 is 23.1 Å². The summed E-state index contributed by atoms with van der Waals surface area (Å²) < 4.78 is 4.41. The SMILES string of the molecule is CCCC(Cl)Cc1snc2ccccc12. The molecule has 0 fully saturated rings. The Morgan fingerprint density at radius 3 is 3.00 bits per heavy atom. The zero-order valence-electron chi connectivity index (χ0n) is 8.74. The molecule has 0 aliphatic carbocycles. The van der Waals surface area contributed by atoms with Crippen LogP contribution in [0.2, 0.25) is 0 Å². The standard InChI is InChI=1S/C12H14ClNS/c1-2-5-9(13)8-12-10-6-3-4-7-11(10)14-15-12/h3-4,6-7,9H,2,5,8H2,1H3. The highest BCUT2D eigenvalue weighted by Gasteiger charge is 2.10. The van der Waals surface area contributed by atoms with Crippen molar-refractivity contribution in [3.63, 3.8) is 0 Å². The number of alkyl halides is 1. The molecular weight excluding hydrogens is 226 g/mol. The molecule has 3 heteroatoms. The third-order valence-electron chi connectivity index (χ3n) is 2.47. The van der Waals surface area contributed by atoms with Crippen molar-refractivity contribution in [3.05, 3.63) is 29.1 Å². The zero-order chi connectivity index (χ0) is 10.7. The quantitative estimate of drug-likeness (QED) is 0.727. The van der Waals surface area contributed by atoms with E-state index in [1.54, 1.807) is 11.5 Å². The van der Waals surface area contributed by atoms with Gasteiger partial charge < -0.3 is 0 Å². The van der Waals surface area contributed by atoms with E-state index in [1.165, 1.54) is 10.3 Å². The van der Waals surface area contributed by atoms with E-state index in [1.807, 2.05) is 6.07 Å². The van der Waals surface area contributed by atoms with Crippen LogP contribution in [0, 0.1) is 0 Å². The van der Waals surface area contributed by atoms with Crippen molar-refractivity contribution in [2.24, 2.45) is 0 Å². The lowest BCUT2D eigenvalue weighted by Gasteiger charge is -2.05. The van der Waals surface area contributed by atoms with E-state index >= 15 is 0 Å². The Balaban J connectivity index is 2.21. The fourth-order valence-corrected chi connectivity index (χ4v) is 3.08. The first-order valence-corrected chi connectivity index (χ1v) is 6.49. The van der Waals surface area contributed by atoms with Gasteiger partial charge in [-0.2, -0.15) is 4.37 Å². The summed E-state index contributed by atoms with van der Waals surface area (Å²) in [6.45, 7) is 2.17. The van der Waals surface area contributed by atoms with Crippen molar-refractivity contribution in [3.8, 4) is 0 Å². The first-order chi connectivity index (χ1) is 7.31. The van der Waals surface area contributed by atoms with E-state index in [2.05, 4.69) is 29.5 Å². The van der Waals surface area contributed by atoms with Crippen molar-refractivity contribution in [1.82, 2.24) is 4.37 Å². The van der Waals surface area contributed by atoms with Crippen LogP contribution in [0.1, 0.15) is 24.6 Å². The molecule has 0 bridgehead atoms. The molecule has 80 valence electrons. The summed E-state index contributed by atoms with van der Waals surface area (Å²) in [5.41, 5.74) is 1.10. The maximum Gasteiger partial charge on any atom is 0.0843 e. The minimum Gasteiger partial charge on any atom is -0.192 e. The number of fused-ring (bicyclic) bond motifs is 1. The summed E-state index contributed by atoms with van der Waals surface area (Å²) in [6.07, 6.45) is 3.17. The molecule has 0 N–H and O–H groups in total. The lowest BCUT2D eigenvalue weighted by atomic mass is 10.1. The second-order valence-electron chi connectivity index (χ2n) is 3.71. The van der Waals surface area contributed by atoms with Gasteiger partial charge in [-0.3, -0.25) is 0 Å². The van der Waals surface area contributed by atoms with Crippen LogP contribution in [0.4, 0.5) is 0 Å². The second kappa shape index (κ2) is 4.95. The molecule has 1 nitrogen and oxygen atoms in total. The van der Waals surface area contributed by atoms with E-state index in [0.717, 1.165) is 24.8 Å². The number of halogens is 1. The average molecular weight is 240 g/mol. The molecule has 0 radical (unpaired) electrons. The van der Waals surface area contributed by atoms with Crippen molar-refractivity contribution >= 4 is 34.0 Å². The van der Waals surface area contributed by atoms with Gasteiger partial charge in [-0.05, 0) is 24.0 Å². The number of aromatic nitrogens is 1. The van der Waals surface area contributed by atoms with Gasteiger partial charge in [0.05, 0.1) is 5.52 Å². The highest BCUT2D eigenvalue weighted by atomic mass is 35.5. The molecule has 1 aromatic carbocycles. The molecule has 0 aliphatic rings. The Labute approximate surface area is 99.2 Å². The fourth-order valence-electron chi connectivity index (χ4n) is 1.71. The number of benzene rings is 1. The van der Waals surface area contributed by atoms with Gasteiger partial charge in [0.15, 0.2) is 0 Å². The van der Waals surface area contributed by atoms with E-state index in [9.17, 15) is 0 Å². The highest BCUT2D eigenvalue weighted by molar-refractivity contribution is 7.07. The van der Waals surface area contributed by atoms with Crippen LogP contribution in [-0.4, -0.2) is 9.75 Å². The Morgan fingerprint density at radius 1 is 1.40 bits per heavy atom. The molecule has 1 heterocycles. The van der Waals surface area contributed by atoms with Gasteiger partial charge in [-0.1, -0.05) is 31.5 Å². The van der Waals surface area contributed by atoms with Crippen molar-refractivity contribution in [2.75, 3.05) is 0 Å². The Bertz CT molecular complexity index is 438. The van der Waals surface area contributed by atoms with Crippen LogP contribution in [0.25, 0.3) is 10.9 Å². The molecule has 2 aromatic rings. The van der Waals surface area contributed by atoms with Gasteiger partial charge in [-0.25, -0.2) is 0 Å². The Hall–Kier alpha value is -0.600. The van der Waals surface area contributed by atoms with Crippen LogP contribution in [0.5, 0.6) is 0 Å². The van der Waals surface area contributed by atoms with E-state index in [0.29, 0.717) is 0 Å². The summed E-state index contributed by atoms with van der Waals surface area (Å²) in [5.74, 6) is 0. The van der Waals surface area contributed by atoms with Crippen LogP contribution in [-0.2, 0) is 6.42 Å². The Morgan fingerprint density at radius 2 is 2.20 bits per heavy atom. The maximum atomic E-state index is 6.25. The first-order valence-electron chi connectivity index (χ1n) is 5.28. The van der Waals surface area contributed by atoms with Crippen molar-refractivity contribution in [2.45, 2.75) is 31.6 Å². The fraction of sp³-hybridized carbons (Fsp3) is 0.417. The molecule has 1 atom stereocenters. The smallest absolute Gasteiger partial charge is 0.0843 e. The third-order valence-corrected chi connectivity index (χ3v) is 3.73. The molecule has 0 aliphatic heterocycles. The van der Waals surface area contributed by atoms with Crippen LogP contribution < -0.4 is 0 Å². The lowest BCUT2D eigenvalue weighted by molar-refractivity contribution is 0.733. The summed E-state index contributed by atoms with van der Waals surface area (Å²) >= 11 is 7.83. The van der Waals surface area contributed by atoms with E-state index in [-0.39, 0.29) is 5.38 Å². The van der Waals surface area contributed by atoms with Crippen molar-refractivity contribution in [1.29, 1.82) is 0 Å². The molecule has 1 aromatic heterocycles. The largest absolute Gasteiger partial charge is 0.192 e. The second-order valence-corrected chi connectivity index (χ2v) is 5.19. The highest BCUT2D eigenvalue weighted by Crippen LogP contribution is 2.25. The van der Waals surface area contributed by atoms with Gasteiger partial charge >= 0.3 is 0 Å². The molecule has 0 saturated heterocycles. The lowest BCUT2D eigenvalue weighted by Crippen LogP contribution is -2.01. The number of rotatable bonds is 4. The van der Waals surface area contributed by atoms with Gasteiger partial charge in [0, 0.05) is 22.1 Å². The maximum absolute atomic E-state index is 6.25. The summed E-state index contributed by atoms with van der Waals surface area (Å²) in [7, 11) is 0. The minimum absolute atomic E-state index is 0.249. The molecule has 0 saturated carbocycles. The predicted molar refractivity (Wildman–Crippen MR) is 67.9 cm³/mol. The molecule has 15 heavy (non-hydrogen) atoms. The molecular formula is C12H14ClNS. The molecule has 1 unspecified atom stereocenters. The molecule has 2 rings (SSSR count). The summed E-state index contributed by atoms with van der Waals surface area (Å²) in [4.78, 5) is 1.32. The number of nitrogens with zero attached hydrogens (tertiary/aromatic N) is 1. The van der Waals surface area contributed by atoms with Crippen molar-refractivity contribution < 1.29 is 0 Å². The van der Waals surface area contributed by atoms with Gasteiger partial charge in [0.2, 0.25) is 0 Å². The zero-order valence-corrected chi connectivity index (χ0v) is 10.3. The van der Waals surface area contributed by atoms with E-state index < -0.39 is 0 Å². The van der Waals surface area contributed by atoms with E-state index in [4.69, 9.17) is 11.6 Å². The molecule has 0 spiro atoms. The predicted octanol–water partition coefficient (Wildman–Crippen LogP) is 4.25. The van der Waals surface area contributed by atoms with Crippen LogP contribution in [0.3, 0.4) is 0 Å². The Kier molecular flexibility index (Phi) is 3.60. The average Bonchev–Trinajstić information content (AvgIpc) is 2.62. The minimum atomic E-state index is 0.249. The number of hydrogen-bond donors (Lipinski definition) is 0. The topological polar surface area (TPSA) is 12.9 Å². The monoisotopic (exact) mass is 239 g/mol. The third kappa shape index (κ3) is 2.50. The normalized spacial score (nSPS) is 13.2. The van der Waals surface area contributed by atoms with Crippen LogP contribution in [0.15, 0.2) is 24.3 Å². The van der Waals surface area contributed by atoms with Gasteiger partial charge in [0.1, 0.15) is 0 Å². The van der Waals surface area contributed by atoms with Gasteiger partial charge in [-0.15, -0.1) is 11.6 Å². The molecule has 0 amide bonds. The first kappa shape index (κ1) is 10.9. The summed E-state index contributed by atoms with van der Waals surface area (Å²) in [6, 6.07) is 8.27.